The number of carbonyl (C=O) groups excluding carboxylic acids is 2. The summed E-state index contributed by atoms with van der Waals surface area (Å²) in [5, 5.41) is 15.5. The van der Waals surface area contributed by atoms with Gasteiger partial charge in [-0.25, -0.2) is 0 Å². The molecular weight excluding hydrogens is 288 g/mol. The van der Waals surface area contributed by atoms with Crippen molar-refractivity contribution < 1.29 is 14.7 Å². The number of nitrogens with one attached hydrogen (secondary N) is 2. The highest BCUT2D eigenvalue weighted by atomic mass is 32.1. The Labute approximate surface area is 129 Å². The lowest BCUT2D eigenvalue weighted by Crippen LogP contribution is -2.35. The van der Waals surface area contributed by atoms with E-state index in [1.54, 1.807) is 6.07 Å². The van der Waals surface area contributed by atoms with E-state index in [0.29, 0.717) is 11.4 Å². The normalized spacial score (nSPS) is 12.2. The van der Waals surface area contributed by atoms with Gasteiger partial charge in [-0.2, -0.15) is 0 Å². The van der Waals surface area contributed by atoms with E-state index >= 15 is 0 Å². The van der Waals surface area contributed by atoms with Gasteiger partial charge < -0.3 is 15.7 Å². The standard InChI is InChI=1S/C15H24N2O3S/c1-4-11(5-2)13(19)9-17-15(20)14-7-6-12(21-14)8-16-10(3)18/h6-7,11,13,19H,4-5,8-9H2,1-3H3,(H,16,18)(H,17,20). The fourth-order valence-electron chi connectivity index (χ4n) is 2.09. The van der Waals surface area contributed by atoms with Gasteiger partial charge in [0.05, 0.1) is 17.5 Å². The van der Waals surface area contributed by atoms with Gasteiger partial charge in [0.25, 0.3) is 5.91 Å². The molecule has 0 aliphatic heterocycles. The van der Waals surface area contributed by atoms with Crippen LogP contribution in [0.2, 0.25) is 0 Å². The lowest BCUT2D eigenvalue weighted by atomic mass is 9.96. The number of rotatable bonds is 8. The van der Waals surface area contributed by atoms with Gasteiger partial charge in [0.1, 0.15) is 0 Å². The first-order valence-electron chi connectivity index (χ1n) is 7.27. The molecule has 1 rings (SSSR count). The van der Waals surface area contributed by atoms with Crippen LogP contribution in [0.1, 0.15) is 48.2 Å². The zero-order valence-corrected chi connectivity index (χ0v) is 13.6. The third kappa shape index (κ3) is 5.85. The summed E-state index contributed by atoms with van der Waals surface area (Å²) >= 11 is 1.35. The van der Waals surface area contributed by atoms with Crippen LogP contribution in [0.15, 0.2) is 12.1 Å². The van der Waals surface area contributed by atoms with Gasteiger partial charge in [-0.1, -0.05) is 26.7 Å². The van der Waals surface area contributed by atoms with E-state index in [1.165, 1.54) is 18.3 Å². The van der Waals surface area contributed by atoms with E-state index in [4.69, 9.17) is 0 Å². The Morgan fingerprint density at radius 2 is 1.90 bits per heavy atom. The van der Waals surface area contributed by atoms with Gasteiger partial charge in [0.15, 0.2) is 0 Å². The molecule has 1 unspecified atom stereocenters. The summed E-state index contributed by atoms with van der Waals surface area (Å²) in [5.41, 5.74) is 0. The van der Waals surface area contributed by atoms with Crippen molar-refractivity contribution in [1.82, 2.24) is 10.6 Å². The Bertz CT molecular complexity index is 469. The van der Waals surface area contributed by atoms with E-state index in [-0.39, 0.29) is 24.3 Å². The molecule has 0 radical (unpaired) electrons. The summed E-state index contributed by atoms with van der Waals surface area (Å²) in [4.78, 5) is 24.4. The molecule has 0 spiro atoms. The quantitative estimate of drug-likeness (QED) is 0.686. The van der Waals surface area contributed by atoms with Crippen LogP contribution in [-0.2, 0) is 11.3 Å². The van der Waals surface area contributed by atoms with E-state index in [1.807, 2.05) is 19.9 Å². The largest absolute Gasteiger partial charge is 0.391 e. The molecule has 0 aromatic carbocycles. The molecule has 0 aliphatic rings. The highest BCUT2D eigenvalue weighted by Crippen LogP contribution is 2.17. The number of aliphatic hydroxyl groups is 1. The third-order valence-corrected chi connectivity index (χ3v) is 4.55. The summed E-state index contributed by atoms with van der Waals surface area (Å²) in [5.74, 6) is -0.0641. The van der Waals surface area contributed by atoms with Crippen LogP contribution in [0, 0.1) is 5.92 Å². The van der Waals surface area contributed by atoms with Gasteiger partial charge in [-0.05, 0) is 18.1 Å². The predicted molar refractivity (Wildman–Crippen MR) is 84.3 cm³/mol. The first kappa shape index (κ1) is 17.7. The number of thiophene rings is 1. The molecular formula is C15H24N2O3S. The van der Waals surface area contributed by atoms with Crippen molar-refractivity contribution in [2.24, 2.45) is 5.92 Å². The maximum absolute atomic E-state index is 12.0. The van der Waals surface area contributed by atoms with Crippen molar-refractivity contribution in [3.8, 4) is 0 Å². The molecule has 118 valence electrons. The molecule has 0 bridgehead atoms. The van der Waals surface area contributed by atoms with Crippen LogP contribution >= 0.6 is 11.3 Å². The molecule has 1 aromatic heterocycles. The van der Waals surface area contributed by atoms with Crippen molar-refractivity contribution in [2.75, 3.05) is 6.54 Å². The Morgan fingerprint density at radius 3 is 2.48 bits per heavy atom. The van der Waals surface area contributed by atoms with Crippen molar-refractivity contribution in [2.45, 2.75) is 46.3 Å². The van der Waals surface area contributed by atoms with E-state index < -0.39 is 6.10 Å². The fraction of sp³-hybridized carbons (Fsp3) is 0.600. The minimum Gasteiger partial charge on any atom is -0.391 e. The maximum Gasteiger partial charge on any atom is 0.261 e. The number of hydrogen-bond donors (Lipinski definition) is 3. The highest BCUT2D eigenvalue weighted by Gasteiger charge is 2.17. The van der Waals surface area contributed by atoms with Gasteiger partial charge >= 0.3 is 0 Å². The van der Waals surface area contributed by atoms with Gasteiger partial charge in [-0.3, -0.25) is 9.59 Å². The molecule has 2 amide bonds. The topological polar surface area (TPSA) is 78.4 Å². The molecule has 0 saturated carbocycles. The number of aliphatic hydroxyl groups excluding tert-OH is 1. The Hall–Kier alpha value is -1.40. The van der Waals surface area contributed by atoms with E-state index in [0.717, 1.165) is 17.7 Å². The summed E-state index contributed by atoms with van der Waals surface area (Å²) in [6.45, 7) is 6.23. The van der Waals surface area contributed by atoms with Crippen LogP contribution in [0.5, 0.6) is 0 Å². The average molecular weight is 312 g/mol. The Balaban J connectivity index is 2.47. The van der Waals surface area contributed by atoms with Crippen molar-refractivity contribution >= 4 is 23.2 Å². The molecule has 6 heteroatoms. The first-order valence-corrected chi connectivity index (χ1v) is 8.08. The van der Waals surface area contributed by atoms with Crippen molar-refractivity contribution in [3.63, 3.8) is 0 Å². The first-order chi connectivity index (χ1) is 9.97. The summed E-state index contributed by atoms with van der Waals surface area (Å²) in [6.07, 6.45) is 1.28. The second-order valence-corrected chi connectivity index (χ2v) is 6.20. The van der Waals surface area contributed by atoms with Gasteiger partial charge in [0, 0.05) is 18.3 Å². The minimum atomic E-state index is -0.511. The summed E-state index contributed by atoms with van der Waals surface area (Å²) in [7, 11) is 0. The maximum atomic E-state index is 12.0. The fourth-order valence-corrected chi connectivity index (χ4v) is 2.95. The summed E-state index contributed by atoms with van der Waals surface area (Å²) in [6, 6.07) is 3.56. The average Bonchev–Trinajstić information content (AvgIpc) is 2.92. The minimum absolute atomic E-state index is 0.0947. The van der Waals surface area contributed by atoms with Gasteiger partial charge in [-0.15, -0.1) is 11.3 Å². The Morgan fingerprint density at radius 1 is 1.24 bits per heavy atom. The molecule has 0 aliphatic carbocycles. The lowest BCUT2D eigenvalue weighted by molar-refractivity contribution is -0.119. The second-order valence-electron chi connectivity index (χ2n) is 5.03. The van der Waals surface area contributed by atoms with E-state index in [9.17, 15) is 14.7 Å². The molecule has 21 heavy (non-hydrogen) atoms. The van der Waals surface area contributed by atoms with Crippen LogP contribution in [0.3, 0.4) is 0 Å². The lowest BCUT2D eigenvalue weighted by Gasteiger charge is -2.20. The van der Waals surface area contributed by atoms with E-state index in [2.05, 4.69) is 10.6 Å². The monoisotopic (exact) mass is 312 g/mol. The second kappa shape index (κ2) is 8.79. The highest BCUT2D eigenvalue weighted by molar-refractivity contribution is 7.14. The smallest absolute Gasteiger partial charge is 0.261 e. The molecule has 0 fully saturated rings. The zero-order chi connectivity index (χ0) is 15.8. The molecule has 5 nitrogen and oxygen atoms in total. The van der Waals surface area contributed by atoms with Crippen LogP contribution in [0.25, 0.3) is 0 Å². The summed E-state index contributed by atoms with van der Waals surface area (Å²) < 4.78 is 0. The van der Waals surface area contributed by atoms with Crippen molar-refractivity contribution in [1.29, 1.82) is 0 Å². The molecule has 1 heterocycles. The van der Waals surface area contributed by atoms with Gasteiger partial charge in [0.2, 0.25) is 5.91 Å². The number of hydrogen-bond acceptors (Lipinski definition) is 4. The molecule has 1 aromatic rings. The zero-order valence-electron chi connectivity index (χ0n) is 12.8. The van der Waals surface area contributed by atoms with Crippen LogP contribution < -0.4 is 10.6 Å². The van der Waals surface area contributed by atoms with Crippen molar-refractivity contribution in [3.05, 3.63) is 21.9 Å². The Kier molecular flexibility index (Phi) is 7.39. The van der Waals surface area contributed by atoms with Crippen LogP contribution in [0.4, 0.5) is 0 Å². The predicted octanol–water partition coefficient (Wildman–Crippen LogP) is 1.91. The number of carbonyl (C=O) groups is 2. The molecule has 3 N–H and O–H groups in total. The molecule has 0 saturated heterocycles. The van der Waals surface area contributed by atoms with Crippen LogP contribution in [-0.4, -0.2) is 29.6 Å². The molecule has 1 atom stereocenters. The third-order valence-electron chi connectivity index (χ3n) is 3.46. The SMILES string of the molecule is CCC(CC)C(O)CNC(=O)c1ccc(CNC(C)=O)s1. The number of amides is 2.